The fourth-order valence-corrected chi connectivity index (χ4v) is 1.97. The molecule has 0 saturated heterocycles. The van der Waals surface area contributed by atoms with E-state index in [4.69, 9.17) is 5.73 Å². The molecule has 0 aromatic carbocycles. The van der Waals surface area contributed by atoms with Gasteiger partial charge >= 0.3 is 0 Å². The van der Waals surface area contributed by atoms with Gasteiger partial charge in [-0.15, -0.1) is 11.3 Å². The molecule has 3 N–H and O–H groups in total. The molecular weight excluding hydrogens is 180 g/mol. The molecule has 0 fully saturated rings. The van der Waals surface area contributed by atoms with Gasteiger partial charge in [-0.25, -0.2) is 0 Å². The van der Waals surface area contributed by atoms with Crippen LogP contribution in [0.4, 0.5) is 0 Å². The van der Waals surface area contributed by atoms with Crippen molar-refractivity contribution in [2.75, 3.05) is 6.54 Å². The second kappa shape index (κ2) is 5.37. The summed E-state index contributed by atoms with van der Waals surface area (Å²) in [5, 5.41) is 3.37. The molecule has 1 unspecified atom stereocenters. The van der Waals surface area contributed by atoms with Gasteiger partial charge in [0.05, 0.1) is 0 Å². The highest BCUT2D eigenvalue weighted by atomic mass is 32.1. The van der Waals surface area contributed by atoms with Gasteiger partial charge < -0.3 is 11.1 Å². The van der Waals surface area contributed by atoms with Gasteiger partial charge in [0.1, 0.15) is 0 Å². The highest BCUT2D eigenvalue weighted by Crippen LogP contribution is 2.16. The Balaban J connectivity index is 2.36. The van der Waals surface area contributed by atoms with Crippen molar-refractivity contribution in [2.24, 2.45) is 5.73 Å². The lowest BCUT2D eigenvalue weighted by Crippen LogP contribution is -2.32. The zero-order valence-corrected chi connectivity index (χ0v) is 9.16. The Hall–Kier alpha value is -0.380. The molecule has 1 aromatic heterocycles. The maximum atomic E-state index is 5.51. The average Bonchev–Trinajstić information content (AvgIpc) is 2.61. The summed E-state index contributed by atoms with van der Waals surface area (Å²) < 4.78 is 0. The molecular formula is C10H18N2S. The van der Waals surface area contributed by atoms with E-state index in [1.165, 1.54) is 9.75 Å². The van der Waals surface area contributed by atoms with Crippen LogP contribution in [0.3, 0.4) is 0 Å². The van der Waals surface area contributed by atoms with E-state index < -0.39 is 0 Å². The molecule has 0 radical (unpaired) electrons. The molecule has 0 aliphatic rings. The topological polar surface area (TPSA) is 38.0 Å². The van der Waals surface area contributed by atoms with E-state index in [9.17, 15) is 0 Å². The SMILES string of the molecule is CCc1ccc(CNC(C)CN)s1. The van der Waals surface area contributed by atoms with Crippen molar-refractivity contribution in [1.29, 1.82) is 0 Å². The monoisotopic (exact) mass is 198 g/mol. The number of hydrogen-bond donors (Lipinski definition) is 2. The maximum Gasteiger partial charge on any atom is 0.0302 e. The fourth-order valence-electron chi connectivity index (χ4n) is 1.07. The largest absolute Gasteiger partial charge is 0.329 e. The molecule has 0 saturated carbocycles. The molecule has 2 nitrogen and oxygen atoms in total. The Morgan fingerprint density at radius 3 is 2.69 bits per heavy atom. The van der Waals surface area contributed by atoms with E-state index in [1.54, 1.807) is 0 Å². The van der Waals surface area contributed by atoms with Crippen molar-refractivity contribution in [1.82, 2.24) is 5.32 Å². The number of rotatable bonds is 5. The summed E-state index contributed by atoms with van der Waals surface area (Å²) in [6, 6.07) is 4.81. The fraction of sp³-hybridized carbons (Fsp3) is 0.600. The van der Waals surface area contributed by atoms with Gasteiger partial charge in [0.2, 0.25) is 0 Å². The predicted molar refractivity (Wildman–Crippen MR) is 59.1 cm³/mol. The first-order valence-corrected chi connectivity index (χ1v) is 5.59. The van der Waals surface area contributed by atoms with Crippen molar-refractivity contribution in [3.63, 3.8) is 0 Å². The van der Waals surface area contributed by atoms with E-state index in [1.807, 2.05) is 11.3 Å². The van der Waals surface area contributed by atoms with E-state index in [0.717, 1.165) is 13.0 Å². The second-order valence-electron chi connectivity index (χ2n) is 3.24. The number of aryl methyl sites for hydroxylation is 1. The summed E-state index contributed by atoms with van der Waals surface area (Å²) in [5.74, 6) is 0. The lowest BCUT2D eigenvalue weighted by Gasteiger charge is -2.09. The molecule has 74 valence electrons. The van der Waals surface area contributed by atoms with Gasteiger partial charge in [-0.3, -0.25) is 0 Å². The van der Waals surface area contributed by atoms with Crippen molar-refractivity contribution in [2.45, 2.75) is 32.9 Å². The summed E-state index contributed by atoms with van der Waals surface area (Å²) in [6.07, 6.45) is 1.14. The van der Waals surface area contributed by atoms with Crippen molar-refractivity contribution in [3.05, 3.63) is 21.9 Å². The molecule has 0 amide bonds. The lowest BCUT2D eigenvalue weighted by molar-refractivity contribution is 0.560. The summed E-state index contributed by atoms with van der Waals surface area (Å²) in [5.41, 5.74) is 5.51. The Morgan fingerprint density at radius 2 is 2.15 bits per heavy atom. The zero-order chi connectivity index (χ0) is 9.68. The van der Waals surface area contributed by atoms with E-state index in [0.29, 0.717) is 12.6 Å². The van der Waals surface area contributed by atoms with Crippen LogP contribution in [0.2, 0.25) is 0 Å². The maximum absolute atomic E-state index is 5.51. The molecule has 1 rings (SSSR count). The molecule has 1 heterocycles. The normalized spacial score (nSPS) is 13.2. The summed E-state index contributed by atoms with van der Waals surface area (Å²) in [4.78, 5) is 2.86. The molecule has 1 aromatic rings. The third-order valence-corrected chi connectivity index (χ3v) is 3.27. The summed E-state index contributed by atoms with van der Waals surface area (Å²) in [6.45, 7) is 5.94. The zero-order valence-electron chi connectivity index (χ0n) is 8.34. The molecule has 0 aliphatic carbocycles. The third-order valence-electron chi connectivity index (χ3n) is 2.04. The van der Waals surface area contributed by atoms with E-state index in [-0.39, 0.29) is 0 Å². The minimum absolute atomic E-state index is 0.409. The van der Waals surface area contributed by atoms with Crippen LogP contribution < -0.4 is 11.1 Å². The van der Waals surface area contributed by atoms with E-state index >= 15 is 0 Å². The van der Waals surface area contributed by atoms with Gasteiger partial charge in [-0.05, 0) is 25.5 Å². The molecule has 0 spiro atoms. The van der Waals surface area contributed by atoms with Crippen molar-refractivity contribution >= 4 is 11.3 Å². The molecule has 0 bridgehead atoms. The van der Waals surface area contributed by atoms with E-state index in [2.05, 4.69) is 31.3 Å². The van der Waals surface area contributed by atoms with Gasteiger partial charge in [0, 0.05) is 28.9 Å². The molecule has 13 heavy (non-hydrogen) atoms. The number of nitrogens with two attached hydrogens (primary N) is 1. The minimum Gasteiger partial charge on any atom is -0.329 e. The summed E-state index contributed by atoms with van der Waals surface area (Å²) >= 11 is 1.88. The standard InChI is InChI=1S/C10H18N2S/c1-3-9-4-5-10(13-9)7-12-8(2)6-11/h4-5,8,12H,3,6-7,11H2,1-2H3. The summed E-state index contributed by atoms with van der Waals surface area (Å²) in [7, 11) is 0. The van der Waals surface area contributed by atoms with Crippen molar-refractivity contribution in [3.8, 4) is 0 Å². The molecule has 0 aliphatic heterocycles. The Morgan fingerprint density at radius 1 is 1.46 bits per heavy atom. The highest BCUT2D eigenvalue weighted by Gasteiger charge is 2.00. The first-order chi connectivity index (χ1) is 6.26. The smallest absolute Gasteiger partial charge is 0.0302 e. The van der Waals surface area contributed by atoms with Crippen LogP contribution in [0.15, 0.2) is 12.1 Å². The number of hydrogen-bond acceptors (Lipinski definition) is 3. The van der Waals surface area contributed by atoms with Crippen LogP contribution >= 0.6 is 11.3 Å². The van der Waals surface area contributed by atoms with Gasteiger partial charge in [-0.2, -0.15) is 0 Å². The number of thiophene rings is 1. The minimum atomic E-state index is 0.409. The lowest BCUT2D eigenvalue weighted by atomic mass is 10.3. The average molecular weight is 198 g/mol. The second-order valence-corrected chi connectivity index (χ2v) is 4.49. The van der Waals surface area contributed by atoms with Crippen LogP contribution in [0.1, 0.15) is 23.6 Å². The Labute approximate surface area is 84.2 Å². The quantitative estimate of drug-likeness (QED) is 0.756. The first-order valence-electron chi connectivity index (χ1n) is 4.77. The van der Waals surface area contributed by atoms with Crippen LogP contribution in [0, 0.1) is 0 Å². The molecule has 3 heteroatoms. The van der Waals surface area contributed by atoms with Gasteiger partial charge in [-0.1, -0.05) is 6.92 Å². The van der Waals surface area contributed by atoms with Gasteiger partial charge in [0.25, 0.3) is 0 Å². The third kappa shape index (κ3) is 3.46. The predicted octanol–water partition coefficient (Wildman–Crippen LogP) is 1.75. The molecule has 1 atom stereocenters. The Kier molecular flexibility index (Phi) is 4.42. The number of nitrogens with one attached hydrogen (secondary N) is 1. The first kappa shape index (κ1) is 10.7. The highest BCUT2D eigenvalue weighted by molar-refractivity contribution is 7.11. The van der Waals surface area contributed by atoms with Crippen LogP contribution in [0.5, 0.6) is 0 Å². The van der Waals surface area contributed by atoms with Crippen molar-refractivity contribution < 1.29 is 0 Å². The van der Waals surface area contributed by atoms with Crippen LogP contribution in [-0.2, 0) is 13.0 Å². The van der Waals surface area contributed by atoms with Crippen LogP contribution in [-0.4, -0.2) is 12.6 Å². The van der Waals surface area contributed by atoms with Gasteiger partial charge in [0.15, 0.2) is 0 Å². The Bertz CT molecular complexity index is 245. The van der Waals surface area contributed by atoms with Crippen LogP contribution in [0.25, 0.3) is 0 Å².